The number of hydrogen-bond donors (Lipinski definition) is 2. The number of carbonyl (C=O) groups excluding carboxylic acids is 1. The molecule has 5 rings (SSSR count). The largest absolute Gasteiger partial charge is 0.349 e. The van der Waals surface area contributed by atoms with E-state index >= 15 is 0 Å². The predicted molar refractivity (Wildman–Crippen MR) is 105 cm³/mol. The van der Waals surface area contributed by atoms with Crippen LogP contribution in [0, 0.1) is 23.2 Å². The second-order valence-electron chi connectivity index (χ2n) is 8.82. The van der Waals surface area contributed by atoms with Gasteiger partial charge in [-0.05, 0) is 93.9 Å². The summed E-state index contributed by atoms with van der Waals surface area (Å²) in [4.78, 5) is 13.0. The fourth-order valence-corrected chi connectivity index (χ4v) is 7.06. The molecule has 0 saturated heterocycles. The highest BCUT2D eigenvalue weighted by Crippen LogP contribution is 2.61. The number of carbonyl (C=O) groups is 1. The molecule has 0 spiro atoms. The minimum Gasteiger partial charge on any atom is -0.349 e. The van der Waals surface area contributed by atoms with Crippen LogP contribution in [0.15, 0.2) is 23.1 Å². The zero-order valence-electron chi connectivity index (χ0n) is 15.8. The maximum absolute atomic E-state index is 12.9. The Balaban J connectivity index is 1.55. The second-order valence-corrected chi connectivity index (χ2v) is 11.1. The van der Waals surface area contributed by atoms with E-state index in [0.717, 1.165) is 17.8 Å². The summed E-state index contributed by atoms with van der Waals surface area (Å²) >= 11 is 6.21. The molecule has 1 aromatic rings. The maximum Gasteiger partial charge on any atom is 0.253 e. The van der Waals surface area contributed by atoms with Gasteiger partial charge in [-0.3, -0.25) is 4.79 Å². The predicted octanol–water partition coefficient (Wildman–Crippen LogP) is 3.58. The van der Waals surface area contributed by atoms with E-state index in [1.165, 1.54) is 63.8 Å². The molecule has 1 atom stereocenters. The van der Waals surface area contributed by atoms with Crippen LogP contribution in [-0.2, 0) is 10.0 Å². The van der Waals surface area contributed by atoms with E-state index in [2.05, 4.69) is 17.0 Å². The van der Waals surface area contributed by atoms with Crippen LogP contribution in [0.3, 0.4) is 0 Å². The van der Waals surface area contributed by atoms with Crippen LogP contribution in [0.2, 0.25) is 5.02 Å². The van der Waals surface area contributed by atoms with Crippen LogP contribution >= 0.6 is 11.6 Å². The SMILES string of the molecule is CNS(=O)(=O)c1ccc(Cl)c(C(=O)NC(C)C23CC4CC(CC(C4)C2)C3)c1. The molecule has 0 aromatic heterocycles. The molecule has 7 heteroatoms. The fourth-order valence-electron chi connectivity index (χ4n) is 6.10. The lowest BCUT2D eigenvalue weighted by Crippen LogP contribution is -2.55. The molecular formula is C20H27ClN2O3S. The van der Waals surface area contributed by atoms with Crippen molar-refractivity contribution in [1.82, 2.24) is 10.0 Å². The molecule has 5 nitrogen and oxygen atoms in total. The molecule has 0 radical (unpaired) electrons. The highest BCUT2D eigenvalue weighted by atomic mass is 35.5. The summed E-state index contributed by atoms with van der Waals surface area (Å²) in [6.45, 7) is 2.10. The topological polar surface area (TPSA) is 75.3 Å². The molecule has 2 N–H and O–H groups in total. The lowest BCUT2D eigenvalue weighted by Gasteiger charge is -2.59. The van der Waals surface area contributed by atoms with Gasteiger partial charge in [-0.15, -0.1) is 0 Å². The number of hydrogen-bond acceptors (Lipinski definition) is 3. The van der Waals surface area contributed by atoms with Crippen LogP contribution in [0.5, 0.6) is 0 Å². The Morgan fingerprint density at radius 3 is 2.22 bits per heavy atom. The lowest BCUT2D eigenvalue weighted by atomic mass is 9.48. The van der Waals surface area contributed by atoms with Gasteiger partial charge in [-0.25, -0.2) is 13.1 Å². The number of halogens is 1. The minimum atomic E-state index is -3.62. The third-order valence-corrected chi connectivity index (χ3v) is 8.85. The zero-order chi connectivity index (χ0) is 19.4. The summed E-state index contributed by atoms with van der Waals surface area (Å²) in [7, 11) is -2.28. The van der Waals surface area contributed by atoms with Gasteiger partial charge < -0.3 is 5.32 Å². The highest BCUT2D eigenvalue weighted by molar-refractivity contribution is 7.89. The number of nitrogens with one attached hydrogen (secondary N) is 2. The summed E-state index contributed by atoms with van der Waals surface area (Å²) in [6.07, 6.45) is 7.66. The first kappa shape index (κ1) is 19.2. The quantitative estimate of drug-likeness (QED) is 0.778. The molecule has 4 saturated carbocycles. The smallest absolute Gasteiger partial charge is 0.253 e. The summed E-state index contributed by atoms with van der Waals surface area (Å²) < 4.78 is 26.4. The van der Waals surface area contributed by atoms with E-state index in [1.807, 2.05) is 0 Å². The Morgan fingerprint density at radius 1 is 1.15 bits per heavy atom. The first-order chi connectivity index (χ1) is 12.7. The molecule has 4 aliphatic carbocycles. The van der Waals surface area contributed by atoms with Gasteiger partial charge in [0.2, 0.25) is 10.0 Å². The molecule has 27 heavy (non-hydrogen) atoms. The molecule has 148 valence electrons. The summed E-state index contributed by atoms with van der Waals surface area (Å²) in [5.41, 5.74) is 0.399. The van der Waals surface area contributed by atoms with E-state index in [0.29, 0.717) is 0 Å². The third-order valence-electron chi connectivity index (χ3n) is 7.11. The standard InChI is InChI=1S/C20H27ClN2O3S/c1-12(20-9-13-5-14(10-20)7-15(6-13)11-20)23-19(24)17-8-16(3-4-18(17)21)27(25,26)22-2/h3-4,8,12-15,22H,5-7,9-11H2,1-2H3,(H,23,24). The molecule has 0 heterocycles. The monoisotopic (exact) mass is 410 g/mol. The average molecular weight is 411 g/mol. The summed E-state index contributed by atoms with van der Waals surface area (Å²) in [5.74, 6) is 2.13. The van der Waals surface area contributed by atoms with E-state index in [1.54, 1.807) is 0 Å². The molecule has 4 aliphatic rings. The van der Waals surface area contributed by atoms with E-state index in [-0.39, 0.29) is 32.8 Å². The van der Waals surface area contributed by atoms with Crippen molar-refractivity contribution in [3.05, 3.63) is 28.8 Å². The first-order valence-electron chi connectivity index (χ1n) is 9.76. The van der Waals surface area contributed by atoms with E-state index in [9.17, 15) is 13.2 Å². The lowest BCUT2D eigenvalue weighted by molar-refractivity contribution is -0.0688. The second kappa shape index (κ2) is 6.75. The molecule has 1 aromatic carbocycles. The highest BCUT2D eigenvalue weighted by Gasteiger charge is 2.53. The van der Waals surface area contributed by atoms with Gasteiger partial charge in [-0.2, -0.15) is 0 Å². The van der Waals surface area contributed by atoms with Crippen molar-refractivity contribution in [2.24, 2.45) is 23.2 Å². The van der Waals surface area contributed by atoms with Gasteiger partial charge in [0.1, 0.15) is 0 Å². The van der Waals surface area contributed by atoms with Crippen molar-refractivity contribution in [1.29, 1.82) is 0 Å². The number of benzene rings is 1. The van der Waals surface area contributed by atoms with Crippen molar-refractivity contribution in [2.45, 2.75) is 56.4 Å². The van der Waals surface area contributed by atoms with Gasteiger partial charge in [0, 0.05) is 6.04 Å². The minimum absolute atomic E-state index is 0.0435. The van der Waals surface area contributed by atoms with Crippen LogP contribution in [0.1, 0.15) is 55.8 Å². The van der Waals surface area contributed by atoms with Crippen LogP contribution < -0.4 is 10.0 Å². The molecule has 4 bridgehead atoms. The van der Waals surface area contributed by atoms with Crippen molar-refractivity contribution in [2.75, 3.05) is 7.05 Å². The first-order valence-corrected chi connectivity index (χ1v) is 11.6. The average Bonchev–Trinajstić information content (AvgIpc) is 2.60. The van der Waals surface area contributed by atoms with Gasteiger partial charge in [0.05, 0.1) is 15.5 Å². The van der Waals surface area contributed by atoms with Crippen molar-refractivity contribution >= 4 is 27.5 Å². The normalized spacial score (nSPS) is 33.1. The van der Waals surface area contributed by atoms with Crippen molar-refractivity contribution < 1.29 is 13.2 Å². The Bertz CT molecular complexity index is 833. The Labute approximate surface area is 166 Å². The number of rotatable bonds is 5. The van der Waals surface area contributed by atoms with Gasteiger partial charge in [0.25, 0.3) is 5.91 Å². The van der Waals surface area contributed by atoms with Gasteiger partial charge in [0.15, 0.2) is 0 Å². The Morgan fingerprint density at radius 2 is 1.70 bits per heavy atom. The van der Waals surface area contributed by atoms with Crippen LogP contribution in [0.25, 0.3) is 0 Å². The zero-order valence-corrected chi connectivity index (χ0v) is 17.4. The molecular weight excluding hydrogens is 384 g/mol. The summed E-state index contributed by atoms with van der Waals surface area (Å²) in [5, 5.41) is 3.42. The van der Waals surface area contributed by atoms with Crippen LogP contribution in [-0.4, -0.2) is 27.4 Å². The van der Waals surface area contributed by atoms with E-state index < -0.39 is 10.0 Å². The van der Waals surface area contributed by atoms with Gasteiger partial charge in [-0.1, -0.05) is 11.6 Å². The molecule has 1 unspecified atom stereocenters. The van der Waals surface area contributed by atoms with E-state index in [4.69, 9.17) is 11.6 Å². The number of amides is 1. The fraction of sp³-hybridized carbons (Fsp3) is 0.650. The maximum atomic E-state index is 12.9. The van der Waals surface area contributed by atoms with Crippen LogP contribution in [0.4, 0.5) is 0 Å². The van der Waals surface area contributed by atoms with Crippen molar-refractivity contribution in [3.8, 4) is 0 Å². The Kier molecular flexibility index (Phi) is 4.80. The molecule has 4 fully saturated rings. The summed E-state index contributed by atoms with van der Waals surface area (Å²) in [6, 6.07) is 4.29. The Hall–Kier alpha value is -1.11. The number of sulfonamides is 1. The third kappa shape index (κ3) is 3.40. The van der Waals surface area contributed by atoms with Crippen molar-refractivity contribution in [3.63, 3.8) is 0 Å². The molecule has 1 amide bonds. The van der Waals surface area contributed by atoms with Gasteiger partial charge >= 0.3 is 0 Å². The molecule has 0 aliphatic heterocycles.